The van der Waals surface area contributed by atoms with Gasteiger partial charge in [-0.05, 0) is 11.1 Å². The summed E-state index contributed by atoms with van der Waals surface area (Å²) in [6.45, 7) is 1.44. The van der Waals surface area contributed by atoms with E-state index in [2.05, 4.69) is 5.32 Å². The normalized spacial score (nSPS) is 19.8. The number of carbonyl (C=O) groups excluding carboxylic acids is 3. The number of aliphatic hydroxyl groups excluding tert-OH is 1. The summed E-state index contributed by atoms with van der Waals surface area (Å²) in [4.78, 5) is 38.5. The monoisotopic (exact) mass is 395 g/mol. The molecule has 1 aliphatic rings. The van der Waals surface area contributed by atoms with Gasteiger partial charge in [-0.25, -0.2) is 0 Å². The maximum Gasteiger partial charge on any atom is 0.243 e. The molecule has 2 aromatic rings. The zero-order valence-corrected chi connectivity index (χ0v) is 16.2. The Morgan fingerprint density at radius 1 is 1.03 bits per heavy atom. The molecule has 4 N–H and O–H groups in total. The summed E-state index contributed by atoms with van der Waals surface area (Å²) < 4.78 is 0. The smallest absolute Gasteiger partial charge is 0.243 e. The number of carbonyl (C=O) groups is 3. The number of β-amino-alcohol motifs (C(OH)–C–C–N with tert-alkyl or cyclic N) is 1. The van der Waals surface area contributed by atoms with E-state index in [1.807, 2.05) is 60.7 Å². The molecule has 3 rings (SSSR count). The molecule has 0 aliphatic carbocycles. The van der Waals surface area contributed by atoms with Crippen LogP contribution in [0.2, 0.25) is 0 Å². The van der Waals surface area contributed by atoms with Gasteiger partial charge in [-0.15, -0.1) is 0 Å². The molecule has 152 valence electrons. The van der Waals surface area contributed by atoms with Crippen molar-refractivity contribution in [3.8, 4) is 0 Å². The molecule has 0 saturated carbocycles. The molecule has 3 amide bonds. The van der Waals surface area contributed by atoms with Crippen molar-refractivity contribution in [3.63, 3.8) is 0 Å². The number of nitrogens with two attached hydrogens (primary N) is 1. The lowest BCUT2D eigenvalue weighted by Gasteiger charge is -2.29. The number of nitrogens with zero attached hydrogens (tertiary/aromatic N) is 1. The quantitative estimate of drug-likeness (QED) is 0.670. The van der Waals surface area contributed by atoms with Gasteiger partial charge in [0.15, 0.2) is 0 Å². The minimum Gasteiger partial charge on any atom is -0.391 e. The molecule has 0 unspecified atom stereocenters. The SMILES string of the molecule is CC(=O)N1C[C@H](O)C[C@H]1C(=O)N[C@@H](C(N)=O)C(c1ccccc1)c1ccccc1. The number of hydrogen-bond acceptors (Lipinski definition) is 4. The molecule has 0 aromatic heterocycles. The molecular weight excluding hydrogens is 370 g/mol. The molecule has 1 fully saturated rings. The minimum absolute atomic E-state index is 0.0927. The van der Waals surface area contributed by atoms with Gasteiger partial charge < -0.3 is 21.1 Å². The molecule has 3 atom stereocenters. The van der Waals surface area contributed by atoms with E-state index < -0.39 is 35.9 Å². The molecule has 1 saturated heterocycles. The first-order valence-corrected chi connectivity index (χ1v) is 9.53. The van der Waals surface area contributed by atoms with Crippen molar-refractivity contribution < 1.29 is 19.5 Å². The number of likely N-dealkylation sites (tertiary alicyclic amines) is 1. The third-order valence-electron chi connectivity index (χ3n) is 5.24. The fourth-order valence-electron chi connectivity index (χ4n) is 3.88. The van der Waals surface area contributed by atoms with Crippen LogP contribution in [0.4, 0.5) is 0 Å². The number of benzene rings is 2. The average Bonchev–Trinajstić information content (AvgIpc) is 3.11. The van der Waals surface area contributed by atoms with E-state index in [0.29, 0.717) is 0 Å². The molecule has 7 heteroatoms. The summed E-state index contributed by atoms with van der Waals surface area (Å²) in [5, 5.41) is 12.7. The summed E-state index contributed by atoms with van der Waals surface area (Å²) in [5.41, 5.74) is 7.36. The zero-order chi connectivity index (χ0) is 21.0. The number of hydrogen-bond donors (Lipinski definition) is 3. The number of aliphatic hydroxyl groups is 1. The van der Waals surface area contributed by atoms with Crippen LogP contribution >= 0.6 is 0 Å². The first-order valence-electron chi connectivity index (χ1n) is 9.53. The first kappa shape index (κ1) is 20.5. The number of primary amides is 1. The lowest BCUT2D eigenvalue weighted by Crippen LogP contribution is -2.54. The van der Waals surface area contributed by atoms with Crippen LogP contribution in [0.1, 0.15) is 30.4 Å². The van der Waals surface area contributed by atoms with Crippen LogP contribution in [-0.4, -0.2) is 52.5 Å². The van der Waals surface area contributed by atoms with E-state index in [-0.39, 0.29) is 18.9 Å². The molecule has 1 heterocycles. The van der Waals surface area contributed by atoms with E-state index in [1.165, 1.54) is 11.8 Å². The van der Waals surface area contributed by atoms with Gasteiger partial charge in [-0.3, -0.25) is 14.4 Å². The van der Waals surface area contributed by atoms with Crippen LogP contribution in [0, 0.1) is 0 Å². The van der Waals surface area contributed by atoms with Crippen molar-refractivity contribution >= 4 is 17.7 Å². The molecule has 0 spiro atoms. The molecular formula is C22H25N3O4. The van der Waals surface area contributed by atoms with Crippen molar-refractivity contribution in [2.24, 2.45) is 5.73 Å². The van der Waals surface area contributed by atoms with Crippen LogP contribution in [0.3, 0.4) is 0 Å². The Bertz CT molecular complexity index is 833. The van der Waals surface area contributed by atoms with E-state index >= 15 is 0 Å². The van der Waals surface area contributed by atoms with Gasteiger partial charge in [-0.1, -0.05) is 60.7 Å². The Hall–Kier alpha value is -3.19. The molecule has 1 aliphatic heterocycles. The predicted octanol–water partition coefficient (Wildman–Crippen LogP) is 0.770. The number of nitrogens with one attached hydrogen (secondary N) is 1. The third-order valence-corrected chi connectivity index (χ3v) is 5.24. The number of amides is 3. The van der Waals surface area contributed by atoms with Gasteiger partial charge in [0.1, 0.15) is 12.1 Å². The number of rotatable bonds is 6. The summed E-state index contributed by atoms with van der Waals surface area (Å²) >= 11 is 0. The van der Waals surface area contributed by atoms with Gasteiger partial charge in [-0.2, -0.15) is 0 Å². The summed E-state index contributed by atoms with van der Waals surface area (Å²) in [6.07, 6.45) is -0.654. The zero-order valence-electron chi connectivity index (χ0n) is 16.2. The second-order valence-electron chi connectivity index (χ2n) is 7.26. The maximum atomic E-state index is 13.0. The molecule has 0 bridgehead atoms. The molecule has 0 radical (unpaired) electrons. The third kappa shape index (κ3) is 4.63. The standard InChI is InChI=1S/C22H25N3O4/c1-14(26)25-13-17(27)12-18(25)22(29)24-20(21(23)28)19(15-8-4-2-5-9-15)16-10-6-3-7-11-16/h2-11,17-20,27H,12-13H2,1H3,(H2,23,28)(H,24,29)/t17-,18+,20-/m1/s1. The van der Waals surface area contributed by atoms with E-state index in [0.717, 1.165) is 11.1 Å². The van der Waals surface area contributed by atoms with Crippen LogP contribution in [0.25, 0.3) is 0 Å². The minimum atomic E-state index is -1.01. The van der Waals surface area contributed by atoms with E-state index in [1.54, 1.807) is 0 Å². The van der Waals surface area contributed by atoms with Crippen molar-refractivity contribution in [3.05, 3.63) is 71.8 Å². The molecule has 7 nitrogen and oxygen atoms in total. The van der Waals surface area contributed by atoms with Crippen molar-refractivity contribution in [2.45, 2.75) is 37.5 Å². The predicted molar refractivity (Wildman–Crippen MR) is 108 cm³/mol. The van der Waals surface area contributed by atoms with Crippen LogP contribution < -0.4 is 11.1 Å². The topological polar surface area (TPSA) is 113 Å². The van der Waals surface area contributed by atoms with E-state index in [4.69, 9.17) is 5.73 Å². The Morgan fingerprint density at radius 2 is 1.55 bits per heavy atom. The Balaban J connectivity index is 1.93. The second kappa shape index (κ2) is 8.87. The maximum absolute atomic E-state index is 13.0. The first-order chi connectivity index (χ1) is 13.9. The highest BCUT2D eigenvalue weighted by molar-refractivity contribution is 5.92. The van der Waals surface area contributed by atoms with Gasteiger partial charge in [0.2, 0.25) is 17.7 Å². The Labute approximate surface area is 169 Å². The van der Waals surface area contributed by atoms with Crippen LogP contribution in [0.5, 0.6) is 0 Å². The lowest BCUT2D eigenvalue weighted by molar-refractivity contribution is -0.138. The fourth-order valence-corrected chi connectivity index (χ4v) is 3.88. The average molecular weight is 395 g/mol. The van der Waals surface area contributed by atoms with Crippen LogP contribution in [-0.2, 0) is 14.4 Å². The van der Waals surface area contributed by atoms with Crippen molar-refractivity contribution in [2.75, 3.05) is 6.54 Å². The summed E-state index contributed by atoms with van der Waals surface area (Å²) in [6, 6.07) is 16.8. The highest BCUT2D eigenvalue weighted by Crippen LogP contribution is 2.29. The lowest BCUT2D eigenvalue weighted by atomic mass is 9.84. The highest BCUT2D eigenvalue weighted by atomic mass is 16.3. The van der Waals surface area contributed by atoms with Crippen molar-refractivity contribution in [1.29, 1.82) is 0 Å². The van der Waals surface area contributed by atoms with Gasteiger partial charge in [0, 0.05) is 25.8 Å². The Kier molecular flexibility index (Phi) is 6.29. The molecule has 2 aromatic carbocycles. The van der Waals surface area contributed by atoms with Crippen molar-refractivity contribution in [1.82, 2.24) is 10.2 Å². The van der Waals surface area contributed by atoms with Gasteiger partial charge >= 0.3 is 0 Å². The molecule has 29 heavy (non-hydrogen) atoms. The second-order valence-corrected chi connectivity index (χ2v) is 7.26. The largest absolute Gasteiger partial charge is 0.391 e. The Morgan fingerprint density at radius 3 is 2.00 bits per heavy atom. The fraction of sp³-hybridized carbons (Fsp3) is 0.318. The van der Waals surface area contributed by atoms with E-state index in [9.17, 15) is 19.5 Å². The summed E-state index contributed by atoms with van der Waals surface area (Å²) in [7, 11) is 0. The van der Waals surface area contributed by atoms with Crippen LogP contribution in [0.15, 0.2) is 60.7 Å². The summed E-state index contributed by atoms with van der Waals surface area (Å²) in [5.74, 6) is -1.97. The van der Waals surface area contributed by atoms with Gasteiger partial charge in [0.25, 0.3) is 0 Å². The highest BCUT2D eigenvalue weighted by Gasteiger charge is 2.40. The van der Waals surface area contributed by atoms with Gasteiger partial charge in [0.05, 0.1) is 6.10 Å².